The molecule has 0 N–H and O–H groups in total. The van der Waals surface area contributed by atoms with E-state index in [1.165, 1.54) is 23.7 Å². The molecule has 16 heavy (non-hydrogen) atoms. The first kappa shape index (κ1) is 11.1. The Kier molecular flexibility index (Phi) is 3.22. The van der Waals surface area contributed by atoms with E-state index >= 15 is 0 Å². The van der Waals surface area contributed by atoms with Crippen molar-refractivity contribution in [3.63, 3.8) is 0 Å². The van der Waals surface area contributed by atoms with Crippen molar-refractivity contribution in [3.8, 4) is 5.75 Å². The lowest BCUT2D eigenvalue weighted by molar-refractivity contribution is 0.0738. The van der Waals surface area contributed by atoms with Gasteiger partial charge in [0.1, 0.15) is 4.88 Å². The molecule has 0 amide bonds. The van der Waals surface area contributed by atoms with Gasteiger partial charge in [-0.15, -0.1) is 11.3 Å². The maximum atomic E-state index is 11.7. The van der Waals surface area contributed by atoms with Crippen molar-refractivity contribution in [1.82, 2.24) is 4.98 Å². The third-order valence-corrected chi connectivity index (χ3v) is 3.14. The standard InChI is InChI=1S/C11H8ClNO2S/c1-7-2-3-16-10(7)11(14)15-9-4-8(12)5-13-6-9/h2-6H,1H3. The number of pyridine rings is 1. The van der Waals surface area contributed by atoms with Crippen LogP contribution in [0.15, 0.2) is 29.9 Å². The van der Waals surface area contributed by atoms with Crippen LogP contribution in [0.1, 0.15) is 15.2 Å². The number of thiophene rings is 1. The van der Waals surface area contributed by atoms with Gasteiger partial charge in [-0.05, 0) is 23.9 Å². The number of aryl methyl sites for hydroxylation is 1. The van der Waals surface area contributed by atoms with E-state index in [1.54, 1.807) is 6.07 Å². The largest absolute Gasteiger partial charge is 0.421 e. The van der Waals surface area contributed by atoms with Gasteiger partial charge in [0.25, 0.3) is 0 Å². The molecule has 2 heterocycles. The predicted octanol–water partition coefficient (Wildman–Crippen LogP) is 3.32. The molecule has 2 rings (SSSR count). The van der Waals surface area contributed by atoms with Crippen LogP contribution in [0.25, 0.3) is 0 Å². The molecular formula is C11H8ClNO2S. The van der Waals surface area contributed by atoms with Gasteiger partial charge in [-0.3, -0.25) is 4.98 Å². The first-order valence-corrected chi connectivity index (χ1v) is 5.79. The van der Waals surface area contributed by atoms with Crippen molar-refractivity contribution >= 4 is 28.9 Å². The Balaban J connectivity index is 2.17. The minimum atomic E-state index is -0.378. The Labute approximate surface area is 102 Å². The molecule has 0 aliphatic heterocycles. The molecule has 0 saturated carbocycles. The van der Waals surface area contributed by atoms with Crippen molar-refractivity contribution < 1.29 is 9.53 Å². The number of carbonyl (C=O) groups is 1. The molecule has 0 unspecified atom stereocenters. The predicted molar refractivity (Wildman–Crippen MR) is 63.3 cm³/mol. The van der Waals surface area contributed by atoms with Gasteiger partial charge in [-0.2, -0.15) is 0 Å². The maximum Gasteiger partial charge on any atom is 0.354 e. The highest BCUT2D eigenvalue weighted by Gasteiger charge is 2.13. The van der Waals surface area contributed by atoms with Crippen LogP contribution < -0.4 is 4.74 Å². The van der Waals surface area contributed by atoms with E-state index in [2.05, 4.69) is 4.98 Å². The molecular weight excluding hydrogens is 246 g/mol. The van der Waals surface area contributed by atoms with Gasteiger partial charge in [0.05, 0.1) is 11.2 Å². The van der Waals surface area contributed by atoms with Crippen LogP contribution in [0, 0.1) is 6.92 Å². The number of ether oxygens (including phenoxy) is 1. The third-order valence-electron chi connectivity index (χ3n) is 1.94. The summed E-state index contributed by atoms with van der Waals surface area (Å²) >= 11 is 7.09. The second-order valence-electron chi connectivity index (χ2n) is 3.16. The molecule has 0 fully saturated rings. The van der Waals surface area contributed by atoms with E-state index in [0.717, 1.165) is 5.56 Å². The van der Waals surface area contributed by atoms with Crippen LogP contribution in [-0.4, -0.2) is 11.0 Å². The molecule has 0 bridgehead atoms. The lowest BCUT2D eigenvalue weighted by Crippen LogP contribution is -2.07. The summed E-state index contributed by atoms with van der Waals surface area (Å²) < 4.78 is 5.14. The van der Waals surface area contributed by atoms with Crippen molar-refractivity contribution in [2.45, 2.75) is 6.92 Å². The number of rotatable bonds is 2. The van der Waals surface area contributed by atoms with E-state index in [0.29, 0.717) is 15.6 Å². The molecule has 0 saturated heterocycles. The molecule has 3 nitrogen and oxygen atoms in total. The molecule has 0 aromatic carbocycles. The Bertz CT molecular complexity index is 524. The minimum Gasteiger partial charge on any atom is -0.421 e. The van der Waals surface area contributed by atoms with Gasteiger partial charge in [-0.1, -0.05) is 11.6 Å². The summed E-state index contributed by atoms with van der Waals surface area (Å²) in [5.74, 6) is -0.0260. The molecule has 0 radical (unpaired) electrons. The number of carbonyl (C=O) groups excluding carboxylic acids is 1. The number of hydrogen-bond donors (Lipinski definition) is 0. The Morgan fingerprint density at radius 1 is 1.50 bits per heavy atom. The Morgan fingerprint density at radius 3 is 2.94 bits per heavy atom. The van der Waals surface area contributed by atoms with Crippen molar-refractivity contribution in [2.75, 3.05) is 0 Å². The number of nitrogens with zero attached hydrogens (tertiary/aromatic N) is 1. The van der Waals surface area contributed by atoms with Crippen molar-refractivity contribution in [1.29, 1.82) is 0 Å². The van der Waals surface area contributed by atoms with E-state index in [9.17, 15) is 4.79 Å². The number of hydrogen-bond acceptors (Lipinski definition) is 4. The summed E-state index contributed by atoms with van der Waals surface area (Å²) in [4.78, 5) is 16.2. The van der Waals surface area contributed by atoms with Crippen LogP contribution in [0.2, 0.25) is 5.02 Å². The third kappa shape index (κ3) is 2.40. The molecule has 82 valence electrons. The van der Waals surface area contributed by atoms with Crippen LogP contribution in [0.3, 0.4) is 0 Å². The Hall–Kier alpha value is -1.39. The van der Waals surface area contributed by atoms with Crippen molar-refractivity contribution in [2.24, 2.45) is 0 Å². The molecule has 2 aromatic rings. The zero-order valence-corrected chi connectivity index (χ0v) is 10.0. The molecule has 5 heteroatoms. The molecule has 0 spiro atoms. The summed E-state index contributed by atoms with van der Waals surface area (Å²) in [6, 6.07) is 3.42. The summed E-state index contributed by atoms with van der Waals surface area (Å²) in [7, 11) is 0. The fourth-order valence-corrected chi connectivity index (χ4v) is 2.15. The SMILES string of the molecule is Cc1ccsc1C(=O)Oc1cncc(Cl)c1. The van der Waals surface area contributed by atoms with Crippen LogP contribution in [0.4, 0.5) is 0 Å². The van der Waals surface area contributed by atoms with Gasteiger partial charge < -0.3 is 4.74 Å². The number of aromatic nitrogens is 1. The van der Waals surface area contributed by atoms with E-state index in [1.807, 2.05) is 18.4 Å². The van der Waals surface area contributed by atoms with Gasteiger partial charge in [0.2, 0.25) is 0 Å². The monoisotopic (exact) mass is 253 g/mol. The highest BCUT2D eigenvalue weighted by atomic mass is 35.5. The molecule has 0 aliphatic carbocycles. The summed E-state index contributed by atoms with van der Waals surface area (Å²) in [5, 5.41) is 2.29. The second-order valence-corrected chi connectivity index (χ2v) is 4.51. The highest BCUT2D eigenvalue weighted by Crippen LogP contribution is 2.20. The van der Waals surface area contributed by atoms with Gasteiger partial charge in [0, 0.05) is 12.3 Å². The lowest BCUT2D eigenvalue weighted by atomic mass is 10.3. The van der Waals surface area contributed by atoms with Gasteiger partial charge in [-0.25, -0.2) is 4.79 Å². The van der Waals surface area contributed by atoms with Crippen LogP contribution in [0.5, 0.6) is 5.75 Å². The van der Waals surface area contributed by atoms with Gasteiger partial charge in [0.15, 0.2) is 5.75 Å². The fourth-order valence-electron chi connectivity index (χ4n) is 1.18. The van der Waals surface area contributed by atoms with Crippen LogP contribution in [-0.2, 0) is 0 Å². The van der Waals surface area contributed by atoms with Gasteiger partial charge >= 0.3 is 5.97 Å². The fraction of sp³-hybridized carbons (Fsp3) is 0.0909. The molecule has 0 atom stereocenters. The van der Waals surface area contributed by atoms with Crippen molar-refractivity contribution in [3.05, 3.63) is 45.4 Å². The van der Waals surface area contributed by atoms with Crippen LogP contribution >= 0.6 is 22.9 Å². The summed E-state index contributed by atoms with van der Waals surface area (Å²) in [5.41, 5.74) is 0.907. The smallest absolute Gasteiger partial charge is 0.354 e. The van der Waals surface area contributed by atoms with E-state index in [4.69, 9.17) is 16.3 Å². The zero-order valence-electron chi connectivity index (χ0n) is 8.44. The summed E-state index contributed by atoms with van der Waals surface area (Å²) in [6.45, 7) is 1.86. The second kappa shape index (κ2) is 4.63. The zero-order chi connectivity index (χ0) is 11.5. The topological polar surface area (TPSA) is 39.2 Å². The Morgan fingerprint density at radius 2 is 2.31 bits per heavy atom. The maximum absolute atomic E-state index is 11.7. The first-order valence-electron chi connectivity index (χ1n) is 4.53. The molecule has 0 aliphatic rings. The minimum absolute atomic E-state index is 0.352. The normalized spacial score (nSPS) is 10.1. The highest BCUT2D eigenvalue weighted by molar-refractivity contribution is 7.12. The number of halogens is 1. The quantitative estimate of drug-likeness (QED) is 0.771. The lowest BCUT2D eigenvalue weighted by Gasteiger charge is -2.02. The average Bonchev–Trinajstić information content (AvgIpc) is 2.64. The van der Waals surface area contributed by atoms with E-state index < -0.39 is 0 Å². The number of esters is 1. The average molecular weight is 254 g/mol. The summed E-state index contributed by atoms with van der Waals surface area (Å²) in [6.07, 6.45) is 2.93. The first-order chi connectivity index (χ1) is 7.66. The van der Waals surface area contributed by atoms with E-state index in [-0.39, 0.29) is 5.97 Å². The molecule has 2 aromatic heterocycles.